The number of ether oxygens (including phenoxy) is 1. The number of aromatic amines is 1. The molecule has 138 valence electrons. The van der Waals surface area contributed by atoms with Crippen molar-refractivity contribution in [3.63, 3.8) is 0 Å². The van der Waals surface area contributed by atoms with Gasteiger partial charge in [0.25, 0.3) is 5.91 Å². The van der Waals surface area contributed by atoms with E-state index < -0.39 is 0 Å². The van der Waals surface area contributed by atoms with Gasteiger partial charge in [-0.3, -0.25) is 4.79 Å². The van der Waals surface area contributed by atoms with Gasteiger partial charge < -0.3 is 14.6 Å². The standard InChI is InChI=1S/C22H23N3O2/c1-15-5-4-8-19(23-15)21(26)25-12-10-22(11-13-25)20-17(9-14-27-22)16-6-2-3-7-18(16)24-20/h2-8,24H,9-14H2,1H3. The molecule has 5 heteroatoms. The van der Waals surface area contributed by atoms with Gasteiger partial charge in [-0.05, 0) is 49.9 Å². The molecule has 2 aromatic heterocycles. The molecule has 0 saturated carbocycles. The number of piperidine rings is 1. The fraction of sp³-hybridized carbons (Fsp3) is 0.364. The average Bonchev–Trinajstić information content (AvgIpc) is 3.09. The van der Waals surface area contributed by atoms with Crippen LogP contribution < -0.4 is 0 Å². The van der Waals surface area contributed by atoms with Crippen LogP contribution in [0, 0.1) is 6.92 Å². The summed E-state index contributed by atoms with van der Waals surface area (Å²) in [5.74, 6) is 0.0150. The Kier molecular flexibility index (Phi) is 3.79. The largest absolute Gasteiger partial charge is 0.368 e. The normalized spacial score (nSPS) is 18.6. The molecule has 0 radical (unpaired) electrons. The highest BCUT2D eigenvalue weighted by molar-refractivity contribution is 5.92. The number of amides is 1. The van der Waals surface area contributed by atoms with E-state index in [2.05, 4.69) is 34.2 Å². The molecule has 27 heavy (non-hydrogen) atoms. The number of aromatic nitrogens is 2. The zero-order chi connectivity index (χ0) is 18.4. The Morgan fingerprint density at radius 3 is 2.78 bits per heavy atom. The third-order valence-electron chi connectivity index (χ3n) is 5.97. The van der Waals surface area contributed by atoms with Crippen molar-refractivity contribution in [2.45, 2.75) is 31.8 Å². The Labute approximate surface area is 158 Å². The number of rotatable bonds is 1. The first-order valence-corrected chi connectivity index (χ1v) is 9.63. The van der Waals surface area contributed by atoms with Crippen molar-refractivity contribution in [2.24, 2.45) is 0 Å². The second-order valence-electron chi connectivity index (χ2n) is 7.57. The van der Waals surface area contributed by atoms with Crippen LogP contribution in [0.3, 0.4) is 0 Å². The Bertz CT molecular complexity index is 1020. The molecule has 2 aliphatic rings. The highest BCUT2D eigenvalue weighted by atomic mass is 16.5. The Balaban J connectivity index is 1.41. The lowest BCUT2D eigenvalue weighted by Gasteiger charge is -2.43. The SMILES string of the molecule is Cc1cccc(C(=O)N2CCC3(CC2)OCCc2c3[nH]c3ccccc23)n1. The smallest absolute Gasteiger partial charge is 0.272 e. The Morgan fingerprint density at radius 1 is 1.15 bits per heavy atom. The molecule has 0 bridgehead atoms. The quantitative estimate of drug-likeness (QED) is 0.721. The number of hydrogen-bond acceptors (Lipinski definition) is 3. The summed E-state index contributed by atoms with van der Waals surface area (Å²) in [6, 6.07) is 14.1. The van der Waals surface area contributed by atoms with Crippen molar-refractivity contribution in [3.05, 3.63) is 65.1 Å². The fourth-order valence-corrected chi connectivity index (χ4v) is 4.56. The van der Waals surface area contributed by atoms with Gasteiger partial charge >= 0.3 is 0 Å². The summed E-state index contributed by atoms with van der Waals surface area (Å²) in [5, 5.41) is 1.30. The minimum absolute atomic E-state index is 0.0150. The molecule has 2 aliphatic heterocycles. The van der Waals surface area contributed by atoms with Crippen molar-refractivity contribution in [2.75, 3.05) is 19.7 Å². The molecule has 1 fully saturated rings. The number of aryl methyl sites for hydroxylation is 1. The summed E-state index contributed by atoms with van der Waals surface area (Å²) in [5.41, 5.74) is 4.88. The van der Waals surface area contributed by atoms with E-state index in [0.29, 0.717) is 18.8 Å². The number of hydrogen-bond donors (Lipinski definition) is 1. The minimum Gasteiger partial charge on any atom is -0.368 e. The van der Waals surface area contributed by atoms with Gasteiger partial charge in [0.2, 0.25) is 0 Å². The number of likely N-dealkylation sites (tertiary alicyclic amines) is 1. The summed E-state index contributed by atoms with van der Waals surface area (Å²) < 4.78 is 6.33. The summed E-state index contributed by atoms with van der Waals surface area (Å²) in [6.07, 6.45) is 2.56. The maximum atomic E-state index is 12.8. The van der Waals surface area contributed by atoms with Crippen LogP contribution in [0.15, 0.2) is 42.5 Å². The summed E-state index contributed by atoms with van der Waals surface area (Å²) in [7, 11) is 0. The first-order chi connectivity index (χ1) is 13.2. The van der Waals surface area contributed by atoms with Crippen molar-refractivity contribution in [1.29, 1.82) is 0 Å². The summed E-state index contributed by atoms with van der Waals surface area (Å²) >= 11 is 0. The molecule has 0 aliphatic carbocycles. The van der Waals surface area contributed by atoms with Gasteiger partial charge in [0.1, 0.15) is 11.3 Å². The van der Waals surface area contributed by atoms with Gasteiger partial charge in [-0.2, -0.15) is 0 Å². The zero-order valence-corrected chi connectivity index (χ0v) is 15.5. The molecule has 1 N–H and O–H groups in total. The number of nitrogens with one attached hydrogen (secondary N) is 1. The molecule has 0 atom stereocenters. The van der Waals surface area contributed by atoms with Crippen LogP contribution >= 0.6 is 0 Å². The molecule has 1 amide bonds. The highest BCUT2D eigenvalue weighted by Crippen LogP contribution is 2.43. The first kappa shape index (κ1) is 16.5. The van der Waals surface area contributed by atoms with Crippen LogP contribution in [0.25, 0.3) is 10.9 Å². The van der Waals surface area contributed by atoms with Crippen LogP contribution in [-0.2, 0) is 16.8 Å². The number of pyridine rings is 1. The van der Waals surface area contributed by atoms with Crippen molar-refractivity contribution in [3.8, 4) is 0 Å². The average molecular weight is 361 g/mol. The molecular weight excluding hydrogens is 338 g/mol. The fourth-order valence-electron chi connectivity index (χ4n) is 4.56. The third-order valence-corrected chi connectivity index (χ3v) is 5.97. The second-order valence-corrected chi connectivity index (χ2v) is 7.57. The van der Waals surface area contributed by atoms with Crippen LogP contribution in [-0.4, -0.2) is 40.5 Å². The monoisotopic (exact) mass is 361 g/mol. The topological polar surface area (TPSA) is 58.2 Å². The van der Waals surface area contributed by atoms with E-state index in [1.165, 1.54) is 22.2 Å². The van der Waals surface area contributed by atoms with Gasteiger partial charge in [0.05, 0.1) is 12.3 Å². The lowest BCUT2D eigenvalue weighted by Crippen LogP contribution is -2.48. The number of carbonyl (C=O) groups is 1. The Morgan fingerprint density at radius 2 is 1.96 bits per heavy atom. The lowest BCUT2D eigenvalue weighted by atomic mass is 9.83. The molecular formula is C22H23N3O2. The van der Waals surface area contributed by atoms with Gasteiger partial charge in [-0.15, -0.1) is 0 Å². The molecule has 1 spiro atoms. The van der Waals surface area contributed by atoms with Crippen molar-refractivity contribution in [1.82, 2.24) is 14.9 Å². The molecule has 4 heterocycles. The predicted molar refractivity (Wildman–Crippen MR) is 104 cm³/mol. The van der Waals surface area contributed by atoms with E-state index in [4.69, 9.17) is 4.74 Å². The maximum absolute atomic E-state index is 12.8. The van der Waals surface area contributed by atoms with E-state index >= 15 is 0 Å². The van der Waals surface area contributed by atoms with Crippen LogP contribution in [0.1, 0.15) is 40.3 Å². The van der Waals surface area contributed by atoms with Crippen LogP contribution in [0.5, 0.6) is 0 Å². The maximum Gasteiger partial charge on any atom is 0.272 e. The summed E-state index contributed by atoms with van der Waals surface area (Å²) in [6.45, 7) is 4.02. The molecule has 0 unspecified atom stereocenters. The lowest BCUT2D eigenvalue weighted by molar-refractivity contribution is -0.0957. The highest BCUT2D eigenvalue weighted by Gasteiger charge is 2.43. The number of H-pyrrole nitrogens is 1. The molecule has 5 rings (SSSR count). The van der Waals surface area contributed by atoms with Gasteiger partial charge in [0, 0.05) is 29.7 Å². The van der Waals surface area contributed by atoms with Gasteiger partial charge in [-0.25, -0.2) is 4.98 Å². The van der Waals surface area contributed by atoms with Gasteiger partial charge in [-0.1, -0.05) is 24.3 Å². The van der Waals surface area contributed by atoms with Crippen LogP contribution in [0.4, 0.5) is 0 Å². The van der Waals surface area contributed by atoms with E-state index in [-0.39, 0.29) is 11.5 Å². The van der Waals surface area contributed by atoms with Crippen LogP contribution in [0.2, 0.25) is 0 Å². The van der Waals surface area contributed by atoms with E-state index in [1.807, 2.05) is 24.0 Å². The Hall–Kier alpha value is -2.66. The molecule has 1 aromatic carbocycles. The zero-order valence-electron chi connectivity index (χ0n) is 15.5. The number of nitrogens with zero attached hydrogens (tertiary/aromatic N) is 2. The van der Waals surface area contributed by atoms with E-state index in [1.54, 1.807) is 6.07 Å². The van der Waals surface area contributed by atoms with E-state index in [9.17, 15) is 4.79 Å². The predicted octanol–water partition coefficient (Wildman–Crippen LogP) is 3.58. The number of carbonyl (C=O) groups excluding carboxylic acids is 1. The van der Waals surface area contributed by atoms with Gasteiger partial charge in [0.15, 0.2) is 0 Å². The number of fused-ring (bicyclic) bond motifs is 4. The minimum atomic E-state index is -0.302. The second kappa shape index (κ2) is 6.20. The number of benzene rings is 1. The van der Waals surface area contributed by atoms with Crippen molar-refractivity contribution < 1.29 is 9.53 Å². The summed E-state index contributed by atoms with van der Waals surface area (Å²) in [4.78, 5) is 22.7. The molecule has 5 nitrogen and oxygen atoms in total. The molecule has 3 aromatic rings. The molecule has 1 saturated heterocycles. The van der Waals surface area contributed by atoms with E-state index in [0.717, 1.165) is 31.6 Å². The number of para-hydroxylation sites is 1. The first-order valence-electron chi connectivity index (χ1n) is 9.63. The third kappa shape index (κ3) is 2.65. The van der Waals surface area contributed by atoms with Crippen molar-refractivity contribution >= 4 is 16.8 Å².